The van der Waals surface area contributed by atoms with Gasteiger partial charge in [0.2, 0.25) is 0 Å². The zero-order valence-corrected chi connectivity index (χ0v) is 15.8. The van der Waals surface area contributed by atoms with Gasteiger partial charge in [-0.15, -0.1) is 5.10 Å². The number of benzene rings is 2. The van der Waals surface area contributed by atoms with E-state index in [2.05, 4.69) is 20.8 Å². The van der Waals surface area contributed by atoms with Crippen LogP contribution in [0.1, 0.15) is 47.7 Å². The summed E-state index contributed by atoms with van der Waals surface area (Å²) in [5, 5.41) is 24.5. The molecule has 1 aromatic heterocycles. The first-order valence-electron chi connectivity index (χ1n) is 9.05. The monoisotopic (exact) mass is 381 g/mol. The number of carbonyl (C=O) groups is 1. The Hall–Kier alpha value is -3.26. The molecular weight excluding hydrogens is 358 g/mol. The van der Waals surface area contributed by atoms with Gasteiger partial charge < -0.3 is 15.2 Å². The number of carbonyl (C=O) groups excluding carboxylic acids is 1. The summed E-state index contributed by atoms with van der Waals surface area (Å²) in [6.07, 6.45) is -0.764. The minimum atomic E-state index is -0.764. The van der Waals surface area contributed by atoms with Crippen molar-refractivity contribution >= 4 is 5.91 Å². The Bertz CT molecular complexity index is 911. The SMILES string of the molecule is CC(C)n1nnnc1COc1cccc(C(=O)NCC(O)c2ccccc2)c1. The second-order valence-corrected chi connectivity index (χ2v) is 6.59. The van der Waals surface area contributed by atoms with Crippen LogP contribution in [-0.4, -0.2) is 37.8 Å². The molecule has 1 atom stereocenters. The van der Waals surface area contributed by atoms with Gasteiger partial charge in [0.25, 0.3) is 5.91 Å². The van der Waals surface area contributed by atoms with E-state index in [0.29, 0.717) is 17.1 Å². The van der Waals surface area contributed by atoms with Gasteiger partial charge in [-0.1, -0.05) is 36.4 Å². The van der Waals surface area contributed by atoms with Gasteiger partial charge in [0, 0.05) is 12.1 Å². The standard InChI is InChI=1S/C20H23N5O3/c1-14(2)25-19(22-23-24-25)13-28-17-10-6-9-16(11-17)20(27)21-12-18(26)15-7-4-3-5-8-15/h3-11,14,18,26H,12-13H2,1-2H3,(H,21,27). The Balaban J connectivity index is 1.58. The lowest BCUT2D eigenvalue weighted by Crippen LogP contribution is -2.28. The van der Waals surface area contributed by atoms with Crippen molar-refractivity contribution in [3.63, 3.8) is 0 Å². The second kappa shape index (κ2) is 9.09. The molecule has 0 saturated heterocycles. The van der Waals surface area contributed by atoms with E-state index in [4.69, 9.17) is 4.74 Å². The molecule has 146 valence electrons. The fraction of sp³-hybridized carbons (Fsp3) is 0.300. The van der Waals surface area contributed by atoms with Crippen LogP contribution in [0.25, 0.3) is 0 Å². The Kier molecular flexibility index (Phi) is 6.33. The molecule has 3 aromatic rings. The first-order valence-corrected chi connectivity index (χ1v) is 9.05. The summed E-state index contributed by atoms with van der Waals surface area (Å²) < 4.78 is 7.42. The quantitative estimate of drug-likeness (QED) is 0.621. The molecule has 0 saturated carbocycles. The fourth-order valence-electron chi connectivity index (χ4n) is 2.67. The molecule has 3 rings (SSSR count). The maximum Gasteiger partial charge on any atom is 0.251 e. The van der Waals surface area contributed by atoms with Gasteiger partial charge in [-0.25, -0.2) is 4.68 Å². The predicted octanol–water partition coefficient (Wildman–Crippen LogP) is 2.30. The van der Waals surface area contributed by atoms with Gasteiger partial charge in [0.05, 0.1) is 12.1 Å². The summed E-state index contributed by atoms with van der Waals surface area (Å²) in [6, 6.07) is 16.2. The number of hydrogen-bond donors (Lipinski definition) is 2. The highest BCUT2D eigenvalue weighted by atomic mass is 16.5. The van der Waals surface area contributed by atoms with E-state index in [9.17, 15) is 9.90 Å². The Morgan fingerprint density at radius 1 is 1.18 bits per heavy atom. The van der Waals surface area contributed by atoms with Crippen molar-refractivity contribution in [2.75, 3.05) is 6.54 Å². The van der Waals surface area contributed by atoms with Crippen molar-refractivity contribution in [3.05, 3.63) is 71.5 Å². The van der Waals surface area contributed by atoms with Crippen LogP contribution in [0.4, 0.5) is 0 Å². The van der Waals surface area contributed by atoms with Gasteiger partial charge in [-0.3, -0.25) is 4.79 Å². The number of aliphatic hydroxyl groups excluding tert-OH is 1. The van der Waals surface area contributed by atoms with Gasteiger partial charge in [0.15, 0.2) is 5.82 Å². The smallest absolute Gasteiger partial charge is 0.251 e. The molecular formula is C20H23N5O3. The van der Waals surface area contributed by atoms with Gasteiger partial charge in [0.1, 0.15) is 12.4 Å². The molecule has 8 nitrogen and oxygen atoms in total. The highest BCUT2D eigenvalue weighted by Crippen LogP contribution is 2.16. The lowest BCUT2D eigenvalue weighted by atomic mass is 10.1. The zero-order valence-electron chi connectivity index (χ0n) is 15.8. The van der Waals surface area contributed by atoms with Crippen molar-refractivity contribution in [1.82, 2.24) is 25.5 Å². The number of aliphatic hydroxyl groups is 1. The molecule has 0 aliphatic rings. The fourth-order valence-corrected chi connectivity index (χ4v) is 2.67. The van der Waals surface area contributed by atoms with Gasteiger partial charge >= 0.3 is 0 Å². The molecule has 28 heavy (non-hydrogen) atoms. The summed E-state index contributed by atoms with van der Waals surface area (Å²) in [6.45, 7) is 4.28. The normalized spacial score (nSPS) is 12.0. The minimum absolute atomic E-state index is 0.122. The maximum absolute atomic E-state index is 12.4. The molecule has 0 bridgehead atoms. The molecule has 2 aromatic carbocycles. The van der Waals surface area contributed by atoms with Gasteiger partial charge in [-0.2, -0.15) is 0 Å². The van der Waals surface area contributed by atoms with Crippen molar-refractivity contribution < 1.29 is 14.6 Å². The minimum Gasteiger partial charge on any atom is -0.486 e. The second-order valence-electron chi connectivity index (χ2n) is 6.59. The predicted molar refractivity (Wildman–Crippen MR) is 103 cm³/mol. The first-order chi connectivity index (χ1) is 13.5. The summed E-state index contributed by atoms with van der Waals surface area (Å²) >= 11 is 0. The van der Waals surface area contributed by atoms with Crippen LogP contribution in [0.15, 0.2) is 54.6 Å². The van der Waals surface area contributed by atoms with Crippen LogP contribution >= 0.6 is 0 Å². The average Bonchev–Trinajstić information content (AvgIpc) is 3.20. The average molecular weight is 381 g/mol. The van der Waals surface area contributed by atoms with E-state index >= 15 is 0 Å². The summed E-state index contributed by atoms with van der Waals surface area (Å²) in [4.78, 5) is 12.4. The van der Waals surface area contributed by atoms with E-state index < -0.39 is 6.10 Å². The lowest BCUT2D eigenvalue weighted by Gasteiger charge is -2.13. The van der Waals surface area contributed by atoms with Crippen LogP contribution in [0.3, 0.4) is 0 Å². The zero-order chi connectivity index (χ0) is 19.9. The first kappa shape index (κ1) is 19.5. The summed E-state index contributed by atoms with van der Waals surface area (Å²) in [5.74, 6) is 0.859. The molecule has 0 aliphatic heterocycles. The Morgan fingerprint density at radius 2 is 1.96 bits per heavy atom. The molecule has 8 heteroatoms. The number of aromatic nitrogens is 4. The molecule has 1 heterocycles. The van der Waals surface area contributed by atoms with Crippen molar-refractivity contribution in [2.24, 2.45) is 0 Å². The van der Waals surface area contributed by atoms with E-state index in [1.54, 1.807) is 28.9 Å². The molecule has 0 fully saturated rings. The van der Waals surface area contributed by atoms with Crippen molar-refractivity contribution in [2.45, 2.75) is 32.6 Å². The molecule has 1 unspecified atom stereocenters. The third-order valence-electron chi connectivity index (χ3n) is 4.15. The van der Waals surface area contributed by atoms with Crippen molar-refractivity contribution in [1.29, 1.82) is 0 Å². The third-order valence-corrected chi connectivity index (χ3v) is 4.15. The van der Waals surface area contributed by atoms with Crippen LogP contribution in [0, 0.1) is 0 Å². The Morgan fingerprint density at radius 3 is 2.71 bits per heavy atom. The number of tetrazole rings is 1. The van der Waals surface area contributed by atoms with Crippen LogP contribution in [-0.2, 0) is 6.61 Å². The molecule has 2 N–H and O–H groups in total. The van der Waals surface area contributed by atoms with E-state index in [0.717, 1.165) is 5.56 Å². The largest absolute Gasteiger partial charge is 0.486 e. The molecule has 0 aliphatic carbocycles. The van der Waals surface area contributed by atoms with Crippen LogP contribution < -0.4 is 10.1 Å². The van der Waals surface area contributed by atoms with Crippen molar-refractivity contribution in [3.8, 4) is 5.75 Å². The highest BCUT2D eigenvalue weighted by molar-refractivity contribution is 5.94. The number of ether oxygens (including phenoxy) is 1. The van der Waals surface area contributed by atoms with E-state index in [-0.39, 0.29) is 25.1 Å². The highest BCUT2D eigenvalue weighted by Gasteiger charge is 2.13. The van der Waals surface area contributed by atoms with E-state index in [1.165, 1.54) is 0 Å². The molecule has 0 radical (unpaired) electrons. The summed E-state index contributed by atoms with van der Waals surface area (Å²) in [5.41, 5.74) is 1.20. The third kappa shape index (κ3) is 4.92. The number of rotatable bonds is 8. The van der Waals surface area contributed by atoms with Crippen LogP contribution in [0.2, 0.25) is 0 Å². The van der Waals surface area contributed by atoms with E-state index in [1.807, 2.05) is 44.2 Å². The number of nitrogens with one attached hydrogen (secondary N) is 1. The topological polar surface area (TPSA) is 102 Å². The van der Waals surface area contributed by atoms with Crippen LogP contribution in [0.5, 0.6) is 5.75 Å². The lowest BCUT2D eigenvalue weighted by molar-refractivity contribution is 0.0916. The molecule has 0 spiro atoms. The number of nitrogens with zero attached hydrogens (tertiary/aromatic N) is 4. The maximum atomic E-state index is 12.4. The Labute approximate surface area is 163 Å². The number of hydrogen-bond acceptors (Lipinski definition) is 6. The van der Waals surface area contributed by atoms with Gasteiger partial charge in [-0.05, 0) is 48.0 Å². The summed E-state index contributed by atoms with van der Waals surface area (Å²) in [7, 11) is 0. The molecule has 1 amide bonds. The number of amides is 1.